The Morgan fingerprint density at radius 3 is 2.40 bits per heavy atom. The quantitative estimate of drug-likeness (QED) is 0.605. The molecule has 0 bridgehead atoms. The van der Waals surface area contributed by atoms with Gasteiger partial charge in [0, 0.05) is 25.9 Å². The average Bonchev–Trinajstić information content (AvgIpc) is 3.08. The number of carbonyl (C=O) groups is 2. The van der Waals surface area contributed by atoms with Crippen LogP contribution in [0.15, 0.2) is 54.9 Å². The number of unbranched alkanes of at least 4 members (excludes halogenated alkanes) is 2. The first-order chi connectivity index (χ1) is 14.6. The van der Waals surface area contributed by atoms with Crippen molar-refractivity contribution in [1.82, 2.24) is 14.8 Å². The van der Waals surface area contributed by atoms with Gasteiger partial charge in [0.1, 0.15) is 12.7 Å². The highest BCUT2D eigenvalue weighted by atomic mass is 16.2. The van der Waals surface area contributed by atoms with E-state index in [-0.39, 0.29) is 24.5 Å². The van der Waals surface area contributed by atoms with E-state index in [0.717, 1.165) is 38.5 Å². The first-order valence-electron chi connectivity index (χ1n) is 11.0. The maximum Gasteiger partial charge on any atom is 0.243 e. The Balaban J connectivity index is 0.000000335. The van der Waals surface area contributed by atoms with E-state index in [1.165, 1.54) is 11.1 Å². The number of hydrogen-bond acceptors (Lipinski definition) is 3. The van der Waals surface area contributed by atoms with Crippen LogP contribution in [0.4, 0.5) is 0 Å². The number of nitrogens with zero attached hydrogens (tertiary/aromatic N) is 3. The van der Waals surface area contributed by atoms with Gasteiger partial charge in [0.05, 0.1) is 0 Å². The Labute approximate surface area is 181 Å². The number of aromatic nitrogens is 1. The van der Waals surface area contributed by atoms with E-state index in [1.54, 1.807) is 23.0 Å². The first kappa shape index (κ1) is 23.6. The predicted octanol–water partition coefficient (Wildman–Crippen LogP) is 4.47. The zero-order valence-electron chi connectivity index (χ0n) is 18.6. The molecule has 30 heavy (non-hydrogen) atoms. The Morgan fingerprint density at radius 1 is 1.07 bits per heavy atom. The number of rotatable bonds is 8. The molecule has 5 nitrogen and oxygen atoms in total. The fourth-order valence-electron chi connectivity index (χ4n) is 3.56. The number of likely N-dealkylation sites (N-methyl/N-ethyl adjacent to an activating group) is 1. The summed E-state index contributed by atoms with van der Waals surface area (Å²) >= 11 is 0. The van der Waals surface area contributed by atoms with Crippen LogP contribution in [0.2, 0.25) is 0 Å². The lowest BCUT2D eigenvalue weighted by Crippen LogP contribution is -2.41. The highest BCUT2D eigenvalue weighted by Crippen LogP contribution is 2.21. The minimum absolute atomic E-state index is 0.0434. The van der Waals surface area contributed by atoms with Gasteiger partial charge in [-0.15, -0.1) is 0 Å². The van der Waals surface area contributed by atoms with Crippen LogP contribution in [0.3, 0.4) is 0 Å². The highest BCUT2D eigenvalue weighted by Gasteiger charge is 2.37. The standard InChI is InChI=1S/C18H26N2O2.C7H9N/c1-3-4-6-11-17(21)20-14-18(22)19(2)16(20)13-12-15-9-7-5-8-10-15;1-2-7-4-3-5-8-6-7/h5,7-10,16H,3-4,6,11-14H2,1-2H3;3-6H,2H2,1H3. The van der Waals surface area contributed by atoms with Crippen molar-refractivity contribution in [3.05, 3.63) is 66.0 Å². The summed E-state index contributed by atoms with van der Waals surface area (Å²) in [5.41, 5.74) is 2.54. The Hall–Kier alpha value is -2.69. The van der Waals surface area contributed by atoms with Crippen molar-refractivity contribution >= 4 is 11.8 Å². The Bertz CT molecular complexity index is 764. The van der Waals surface area contributed by atoms with Crippen LogP contribution in [0.5, 0.6) is 0 Å². The van der Waals surface area contributed by atoms with Crippen molar-refractivity contribution in [1.29, 1.82) is 0 Å². The summed E-state index contributed by atoms with van der Waals surface area (Å²) in [6.45, 7) is 4.48. The number of amides is 2. The third-order valence-corrected chi connectivity index (χ3v) is 5.49. The highest BCUT2D eigenvalue weighted by molar-refractivity contribution is 5.88. The van der Waals surface area contributed by atoms with Crippen molar-refractivity contribution in [2.45, 2.75) is 65.0 Å². The number of aryl methyl sites for hydroxylation is 2. The fourth-order valence-corrected chi connectivity index (χ4v) is 3.56. The molecule has 1 unspecified atom stereocenters. The van der Waals surface area contributed by atoms with Crippen molar-refractivity contribution in [2.24, 2.45) is 0 Å². The van der Waals surface area contributed by atoms with Crippen molar-refractivity contribution < 1.29 is 9.59 Å². The van der Waals surface area contributed by atoms with Crippen LogP contribution < -0.4 is 0 Å². The fraction of sp³-hybridized carbons (Fsp3) is 0.480. The Morgan fingerprint density at radius 2 is 1.80 bits per heavy atom. The lowest BCUT2D eigenvalue weighted by Gasteiger charge is -2.27. The molecular weight excluding hydrogens is 374 g/mol. The van der Waals surface area contributed by atoms with Gasteiger partial charge in [-0.25, -0.2) is 0 Å². The van der Waals surface area contributed by atoms with Crippen LogP contribution in [0.1, 0.15) is 57.1 Å². The second-order valence-corrected chi connectivity index (χ2v) is 7.70. The minimum atomic E-state index is -0.0955. The zero-order valence-corrected chi connectivity index (χ0v) is 18.6. The van der Waals surface area contributed by atoms with Crippen LogP contribution in [0, 0.1) is 0 Å². The molecule has 1 aliphatic rings. The van der Waals surface area contributed by atoms with Crippen LogP contribution >= 0.6 is 0 Å². The third kappa shape index (κ3) is 7.29. The third-order valence-electron chi connectivity index (χ3n) is 5.49. The monoisotopic (exact) mass is 409 g/mol. The normalized spacial score (nSPS) is 15.7. The van der Waals surface area contributed by atoms with E-state index in [9.17, 15) is 9.59 Å². The van der Waals surface area contributed by atoms with E-state index < -0.39 is 0 Å². The minimum Gasteiger partial charge on any atom is -0.324 e. The topological polar surface area (TPSA) is 53.5 Å². The molecule has 0 aliphatic carbocycles. The van der Waals surface area contributed by atoms with E-state index >= 15 is 0 Å². The van der Waals surface area contributed by atoms with Crippen LogP contribution in [-0.2, 0) is 22.4 Å². The first-order valence-corrected chi connectivity index (χ1v) is 11.0. The van der Waals surface area contributed by atoms with Gasteiger partial charge in [-0.05, 0) is 42.9 Å². The van der Waals surface area contributed by atoms with Gasteiger partial charge in [-0.2, -0.15) is 0 Å². The number of benzene rings is 1. The lowest BCUT2D eigenvalue weighted by molar-refractivity contribution is -0.133. The van der Waals surface area contributed by atoms with Gasteiger partial charge in [-0.3, -0.25) is 14.6 Å². The molecule has 0 N–H and O–H groups in total. The Kier molecular flexibility index (Phi) is 10.1. The zero-order chi connectivity index (χ0) is 21.8. The van der Waals surface area contributed by atoms with Crippen molar-refractivity contribution in [3.63, 3.8) is 0 Å². The number of pyridine rings is 1. The van der Waals surface area contributed by atoms with E-state index in [1.807, 2.05) is 30.5 Å². The van der Waals surface area contributed by atoms with Gasteiger partial charge in [0.25, 0.3) is 0 Å². The molecule has 5 heteroatoms. The molecular formula is C25H35N3O2. The molecule has 3 rings (SSSR count). The molecule has 2 aromatic rings. The maximum atomic E-state index is 12.4. The number of carbonyl (C=O) groups excluding carboxylic acids is 2. The molecule has 1 atom stereocenters. The molecule has 1 aromatic heterocycles. The summed E-state index contributed by atoms with van der Waals surface area (Å²) < 4.78 is 0. The molecule has 2 heterocycles. The largest absolute Gasteiger partial charge is 0.324 e. The van der Waals surface area contributed by atoms with Crippen molar-refractivity contribution in [3.8, 4) is 0 Å². The summed E-state index contributed by atoms with van der Waals surface area (Å²) in [5.74, 6) is 0.158. The molecule has 0 radical (unpaired) electrons. The summed E-state index contributed by atoms with van der Waals surface area (Å²) in [7, 11) is 1.80. The molecule has 0 spiro atoms. The smallest absolute Gasteiger partial charge is 0.243 e. The SMILES string of the molecule is CCCCCC(=O)N1CC(=O)N(C)C1CCc1ccccc1.CCc1cccnc1. The molecule has 1 saturated heterocycles. The van der Waals surface area contributed by atoms with E-state index in [4.69, 9.17) is 0 Å². The van der Waals surface area contributed by atoms with Gasteiger partial charge in [0.15, 0.2) is 0 Å². The average molecular weight is 410 g/mol. The second kappa shape index (κ2) is 12.8. The molecule has 162 valence electrons. The predicted molar refractivity (Wildman–Crippen MR) is 121 cm³/mol. The van der Waals surface area contributed by atoms with Crippen LogP contribution in [-0.4, -0.2) is 46.4 Å². The van der Waals surface area contributed by atoms with Gasteiger partial charge in [-0.1, -0.05) is 63.1 Å². The molecule has 1 fully saturated rings. The lowest BCUT2D eigenvalue weighted by atomic mass is 10.1. The van der Waals surface area contributed by atoms with Gasteiger partial charge < -0.3 is 9.80 Å². The van der Waals surface area contributed by atoms with Crippen molar-refractivity contribution in [2.75, 3.05) is 13.6 Å². The maximum absolute atomic E-state index is 12.4. The summed E-state index contributed by atoms with van der Waals surface area (Å²) in [4.78, 5) is 31.8. The molecule has 2 amide bonds. The van der Waals surface area contributed by atoms with E-state index in [2.05, 4.69) is 37.0 Å². The second-order valence-electron chi connectivity index (χ2n) is 7.70. The van der Waals surface area contributed by atoms with E-state index in [0.29, 0.717) is 6.42 Å². The molecule has 1 aliphatic heterocycles. The van der Waals surface area contributed by atoms with Crippen LogP contribution in [0.25, 0.3) is 0 Å². The molecule has 0 saturated carbocycles. The summed E-state index contributed by atoms with van der Waals surface area (Å²) in [6.07, 6.45) is 9.97. The van der Waals surface area contributed by atoms with Gasteiger partial charge >= 0.3 is 0 Å². The molecule has 1 aromatic carbocycles. The number of hydrogen-bond donors (Lipinski definition) is 0. The summed E-state index contributed by atoms with van der Waals surface area (Å²) in [5, 5.41) is 0. The van der Waals surface area contributed by atoms with Gasteiger partial charge in [0.2, 0.25) is 11.8 Å². The summed E-state index contributed by atoms with van der Waals surface area (Å²) in [6, 6.07) is 14.2.